The topological polar surface area (TPSA) is 63.5 Å². The van der Waals surface area contributed by atoms with Crippen LogP contribution in [0.2, 0.25) is 0 Å². The van der Waals surface area contributed by atoms with Crippen LogP contribution >= 0.6 is 0 Å². The minimum absolute atomic E-state index is 0.0882. The predicted molar refractivity (Wildman–Crippen MR) is 74.3 cm³/mol. The van der Waals surface area contributed by atoms with Gasteiger partial charge in [0, 0.05) is 24.7 Å². The lowest BCUT2D eigenvalue weighted by Gasteiger charge is -2.35. The van der Waals surface area contributed by atoms with Crippen molar-refractivity contribution in [3.05, 3.63) is 39.2 Å². The minimum atomic E-state index is -0.709. The van der Waals surface area contributed by atoms with Gasteiger partial charge in [-0.1, -0.05) is 6.92 Å². The number of nitro benzene ring substituents is 1. The first kappa shape index (κ1) is 16.1. The van der Waals surface area contributed by atoms with E-state index in [0.29, 0.717) is 6.42 Å². The van der Waals surface area contributed by atoms with Crippen molar-refractivity contribution in [3.8, 4) is 0 Å². The summed E-state index contributed by atoms with van der Waals surface area (Å²) in [5.74, 6) is -1.26. The molecule has 0 radical (unpaired) electrons. The molecule has 1 aromatic carbocycles. The summed E-state index contributed by atoms with van der Waals surface area (Å²) in [5.41, 5.74) is -0.914. The molecule has 0 aliphatic rings. The maximum atomic E-state index is 14.1. The average molecular weight is 282 g/mol. The SMILES string of the molecule is CCC(C)(C)N(C)C(=O)c1cc([N+](=O)[O-])cc(C)c1F. The van der Waals surface area contributed by atoms with Crippen LogP contribution in [0, 0.1) is 22.9 Å². The molecule has 0 N–H and O–H groups in total. The first-order chi connectivity index (χ1) is 9.11. The molecule has 5 nitrogen and oxygen atoms in total. The van der Waals surface area contributed by atoms with Crippen molar-refractivity contribution in [2.24, 2.45) is 0 Å². The molecule has 20 heavy (non-hydrogen) atoms. The zero-order valence-corrected chi connectivity index (χ0v) is 12.4. The van der Waals surface area contributed by atoms with Crippen molar-refractivity contribution < 1.29 is 14.1 Å². The van der Waals surface area contributed by atoms with E-state index in [1.807, 2.05) is 20.8 Å². The highest BCUT2D eigenvalue weighted by molar-refractivity contribution is 5.95. The fourth-order valence-electron chi connectivity index (χ4n) is 1.70. The number of aryl methyl sites for hydroxylation is 1. The van der Waals surface area contributed by atoms with Crippen LogP contribution in [0.4, 0.5) is 10.1 Å². The minimum Gasteiger partial charge on any atom is -0.337 e. The summed E-state index contributed by atoms with van der Waals surface area (Å²) in [6, 6.07) is 2.12. The zero-order valence-electron chi connectivity index (χ0n) is 12.4. The second kappa shape index (κ2) is 5.56. The van der Waals surface area contributed by atoms with Gasteiger partial charge in [-0.15, -0.1) is 0 Å². The van der Waals surface area contributed by atoms with Crippen molar-refractivity contribution >= 4 is 11.6 Å². The Hall–Kier alpha value is -1.98. The number of rotatable bonds is 4. The first-order valence-corrected chi connectivity index (χ1v) is 6.34. The van der Waals surface area contributed by atoms with Gasteiger partial charge in [0.15, 0.2) is 0 Å². The molecule has 110 valence electrons. The standard InChI is InChI=1S/C14H19FN2O3/c1-6-14(3,4)16(5)13(18)11-8-10(17(19)20)7-9(2)12(11)15/h7-8H,6H2,1-5H3. The number of hydrogen-bond acceptors (Lipinski definition) is 3. The van der Waals surface area contributed by atoms with E-state index in [2.05, 4.69) is 0 Å². The summed E-state index contributed by atoms with van der Waals surface area (Å²) in [6.07, 6.45) is 0.685. The Bertz CT molecular complexity index is 556. The van der Waals surface area contributed by atoms with Crippen LogP contribution in [0.25, 0.3) is 0 Å². The Kier molecular flexibility index (Phi) is 4.47. The van der Waals surface area contributed by atoms with Crippen molar-refractivity contribution in [2.45, 2.75) is 39.7 Å². The molecule has 0 saturated heterocycles. The lowest BCUT2D eigenvalue weighted by atomic mass is 9.98. The molecule has 0 heterocycles. The van der Waals surface area contributed by atoms with Gasteiger partial charge in [0.25, 0.3) is 11.6 Å². The van der Waals surface area contributed by atoms with E-state index < -0.39 is 22.2 Å². The van der Waals surface area contributed by atoms with Gasteiger partial charge in [0.1, 0.15) is 5.82 Å². The summed E-state index contributed by atoms with van der Waals surface area (Å²) < 4.78 is 14.1. The van der Waals surface area contributed by atoms with E-state index in [1.165, 1.54) is 11.8 Å². The third-order valence-corrected chi connectivity index (χ3v) is 3.76. The highest BCUT2D eigenvalue weighted by atomic mass is 19.1. The maximum Gasteiger partial charge on any atom is 0.270 e. The Morgan fingerprint density at radius 2 is 2.00 bits per heavy atom. The summed E-state index contributed by atoms with van der Waals surface area (Å²) in [5, 5.41) is 10.8. The number of halogens is 1. The Morgan fingerprint density at radius 3 is 2.45 bits per heavy atom. The van der Waals surface area contributed by atoms with Gasteiger partial charge in [-0.05, 0) is 32.8 Å². The summed E-state index contributed by atoms with van der Waals surface area (Å²) >= 11 is 0. The molecular weight excluding hydrogens is 263 g/mol. The van der Waals surface area contributed by atoms with E-state index in [1.54, 1.807) is 7.05 Å². The molecule has 1 rings (SSSR count). The molecule has 0 fully saturated rings. The van der Waals surface area contributed by atoms with Crippen molar-refractivity contribution in [1.29, 1.82) is 0 Å². The fraction of sp³-hybridized carbons (Fsp3) is 0.500. The van der Waals surface area contributed by atoms with E-state index in [0.717, 1.165) is 12.1 Å². The van der Waals surface area contributed by atoms with Crippen LogP contribution < -0.4 is 0 Å². The van der Waals surface area contributed by atoms with E-state index in [4.69, 9.17) is 0 Å². The number of amides is 1. The Balaban J connectivity index is 3.32. The second-order valence-electron chi connectivity index (χ2n) is 5.41. The van der Waals surface area contributed by atoms with Crippen LogP contribution in [0.1, 0.15) is 43.1 Å². The number of nitro groups is 1. The van der Waals surface area contributed by atoms with Crippen LogP contribution in [-0.4, -0.2) is 28.3 Å². The molecule has 0 aliphatic carbocycles. The molecule has 1 aromatic rings. The number of carbonyl (C=O) groups is 1. The quantitative estimate of drug-likeness (QED) is 0.628. The Morgan fingerprint density at radius 1 is 1.45 bits per heavy atom. The van der Waals surface area contributed by atoms with Crippen molar-refractivity contribution in [2.75, 3.05) is 7.05 Å². The molecule has 1 amide bonds. The second-order valence-corrected chi connectivity index (χ2v) is 5.41. The van der Waals surface area contributed by atoms with Gasteiger partial charge in [0.2, 0.25) is 0 Å². The monoisotopic (exact) mass is 282 g/mol. The molecular formula is C14H19FN2O3. The summed E-state index contributed by atoms with van der Waals surface area (Å²) in [4.78, 5) is 24.0. The first-order valence-electron chi connectivity index (χ1n) is 6.34. The molecule has 0 atom stereocenters. The smallest absolute Gasteiger partial charge is 0.270 e. The number of non-ortho nitro benzene ring substituents is 1. The molecule has 0 bridgehead atoms. The van der Waals surface area contributed by atoms with Gasteiger partial charge in [-0.25, -0.2) is 4.39 Å². The zero-order chi connectivity index (χ0) is 15.7. The van der Waals surface area contributed by atoms with Gasteiger partial charge < -0.3 is 4.90 Å². The van der Waals surface area contributed by atoms with E-state index in [9.17, 15) is 19.3 Å². The average Bonchev–Trinajstić information content (AvgIpc) is 2.39. The number of benzene rings is 1. The molecule has 0 aliphatic heterocycles. The molecule has 0 spiro atoms. The molecule has 6 heteroatoms. The van der Waals surface area contributed by atoms with Crippen LogP contribution in [0.15, 0.2) is 12.1 Å². The van der Waals surface area contributed by atoms with Crippen LogP contribution in [0.3, 0.4) is 0 Å². The largest absolute Gasteiger partial charge is 0.337 e. The number of hydrogen-bond donors (Lipinski definition) is 0. The lowest BCUT2D eigenvalue weighted by molar-refractivity contribution is -0.385. The summed E-state index contributed by atoms with van der Waals surface area (Å²) in [6.45, 7) is 7.03. The third-order valence-electron chi connectivity index (χ3n) is 3.76. The Labute approximate surface area is 117 Å². The van der Waals surface area contributed by atoms with Gasteiger partial charge in [0.05, 0.1) is 10.5 Å². The van der Waals surface area contributed by atoms with Gasteiger partial charge >= 0.3 is 0 Å². The van der Waals surface area contributed by atoms with Gasteiger partial charge in [-0.2, -0.15) is 0 Å². The van der Waals surface area contributed by atoms with E-state index >= 15 is 0 Å². The van der Waals surface area contributed by atoms with Gasteiger partial charge in [-0.3, -0.25) is 14.9 Å². The molecule has 0 aromatic heterocycles. The summed E-state index contributed by atoms with van der Waals surface area (Å²) in [7, 11) is 1.57. The lowest BCUT2D eigenvalue weighted by Crippen LogP contribution is -2.44. The van der Waals surface area contributed by atoms with Crippen molar-refractivity contribution in [1.82, 2.24) is 4.90 Å². The number of nitrogens with zero attached hydrogens (tertiary/aromatic N) is 2. The molecule has 0 saturated carbocycles. The van der Waals surface area contributed by atoms with E-state index in [-0.39, 0.29) is 16.8 Å². The highest BCUT2D eigenvalue weighted by Gasteiger charge is 2.29. The fourth-order valence-corrected chi connectivity index (χ4v) is 1.70. The molecule has 0 unspecified atom stereocenters. The maximum absolute atomic E-state index is 14.1. The normalized spacial score (nSPS) is 11.3. The number of carbonyl (C=O) groups excluding carboxylic acids is 1. The van der Waals surface area contributed by atoms with Crippen molar-refractivity contribution in [3.63, 3.8) is 0 Å². The highest BCUT2D eigenvalue weighted by Crippen LogP contribution is 2.25. The third kappa shape index (κ3) is 2.95. The predicted octanol–water partition coefficient (Wildman–Crippen LogP) is 3.30. The van der Waals surface area contributed by atoms with Crippen LogP contribution in [0.5, 0.6) is 0 Å². The van der Waals surface area contributed by atoms with Crippen LogP contribution in [-0.2, 0) is 0 Å².